The lowest BCUT2D eigenvalue weighted by atomic mass is 10.0. The Morgan fingerprint density at radius 2 is 2.05 bits per heavy atom. The zero-order valence-electron chi connectivity index (χ0n) is 21.4. The summed E-state index contributed by atoms with van der Waals surface area (Å²) in [4.78, 5) is 40.5. The van der Waals surface area contributed by atoms with E-state index >= 15 is 0 Å². The molecule has 0 bridgehead atoms. The van der Waals surface area contributed by atoms with Gasteiger partial charge in [-0.25, -0.2) is 24.1 Å². The summed E-state index contributed by atoms with van der Waals surface area (Å²) < 4.78 is 8.12. The Balaban J connectivity index is 1.56. The first-order chi connectivity index (χ1) is 17.9. The Hall–Kier alpha value is -4.25. The van der Waals surface area contributed by atoms with E-state index in [1.807, 2.05) is 38.1 Å². The number of aromatic nitrogens is 5. The largest absolute Gasteiger partial charge is 0.453 e. The van der Waals surface area contributed by atoms with Gasteiger partial charge < -0.3 is 20.3 Å². The number of nitrogens with zero attached hydrogens (tertiary/aromatic N) is 6. The van der Waals surface area contributed by atoms with Crippen LogP contribution in [0.4, 0.5) is 16.4 Å². The zero-order chi connectivity index (χ0) is 26.1. The van der Waals surface area contributed by atoms with Crippen LogP contribution in [0.5, 0.6) is 0 Å². The third kappa shape index (κ3) is 4.77. The molecule has 11 heteroatoms. The van der Waals surface area contributed by atoms with Crippen molar-refractivity contribution in [1.29, 1.82) is 0 Å². The Morgan fingerprint density at radius 3 is 2.84 bits per heavy atom. The summed E-state index contributed by atoms with van der Waals surface area (Å²) in [5, 5.41) is 7.07. The van der Waals surface area contributed by atoms with E-state index in [2.05, 4.69) is 27.8 Å². The molecule has 37 heavy (non-hydrogen) atoms. The molecular formula is C26H30N8O3. The quantitative estimate of drug-likeness (QED) is 0.413. The first-order valence-electron chi connectivity index (χ1n) is 12.2. The average Bonchev–Trinajstić information content (AvgIpc) is 3.20. The van der Waals surface area contributed by atoms with E-state index in [1.165, 1.54) is 23.1 Å². The van der Waals surface area contributed by atoms with Crippen molar-refractivity contribution in [3.63, 3.8) is 0 Å². The second kappa shape index (κ2) is 10.0. The third-order valence-corrected chi connectivity index (χ3v) is 6.36. The van der Waals surface area contributed by atoms with Gasteiger partial charge in [0.2, 0.25) is 5.95 Å². The minimum absolute atomic E-state index is 0.158. The van der Waals surface area contributed by atoms with Crippen LogP contribution in [0.1, 0.15) is 36.7 Å². The molecule has 0 radical (unpaired) electrons. The number of hydrogen-bond acceptors (Lipinski definition) is 8. The van der Waals surface area contributed by atoms with Crippen LogP contribution in [0, 0.1) is 0 Å². The Morgan fingerprint density at radius 1 is 1.22 bits per heavy atom. The molecule has 0 saturated heterocycles. The number of carbonyl (C=O) groups excluding carboxylic acids is 1. The molecule has 1 aliphatic rings. The molecule has 192 valence electrons. The maximum atomic E-state index is 13.3. The van der Waals surface area contributed by atoms with Gasteiger partial charge in [0.25, 0.3) is 5.56 Å². The van der Waals surface area contributed by atoms with Crippen LogP contribution in [0.2, 0.25) is 0 Å². The average molecular weight is 503 g/mol. The molecule has 0 unspecified atom stereocenters. The topological polar surface area (TPSA) is 119 Å². The third-order valence-electron chi connectivity index (χ3n) is 6.36. The number of nitrogens with one attached hydrogen (secondary N) is 2. The fourth-order valence-corrected chi connectivity index (χ4v) is 4.57. The Labute approximate surface area is 214 Å². The molecule has 4 aromatic rings. The van der Waals surface area contributed by atoms with Crippen LogP contribution in [0.15, 0.2) is 47.4 Å². The summed E-state index contributed by atoms with van der Waals surface area (Å²) in [6.45, 7) is 5.92. The molecular weight excluding hydrogens is 472 g/mol. The number of carbonyl (C=O) groups is 1. The highest BCUT2D eigenvalue weighted by atomic mass is 16.5. The lowest BCUT2D eigenvalue weighted by Crippen LogP contribution is -2.27. The standard InChI is InChI=1S/C26H30N8O3/c1-16(2)33-24(35)21-14-28-25(30-19-9-8-17-10-11-27-13-18(17)12-19)31-23(21)34(33)22-7-5-6-20(29-22)15-32(3)26(36)37-4/h5-9,12,14,16,27H,10-11,13,15H2,1-4H3,(H,28,30,31). The molecule has 2 N–H and O–H groups in total. The number of rotatable bonds is 6. The number of pyridine rings is 1. The van der Waals surface area contributed by atoms with Gasteiger partial charge in [0, 0.05) is 31.5 Å². The predicted molar refractivity (Wildman–Crippen MR) is 140 cm³/mol. The van der Waals surface area contributed by atoms with E-state index < -0.39 is 6.09 Å². The molecule has 11 nitrogen and oxygen atoms in total. The van der Waals surface area contributed by atoms with E-state index in [-0.39, 0.29) is 18.1 Å². The molecule has 0 atom stereocenters. The summed E-state index contributed by atoms with van der Waals surface area (Å²) in [5.41, 5.74) is 4.36. The molecule has 3 aromatic heterocycles. The highest BCUT2D eigenvalue weighted by molar-refractivity contribution is 5.77. The van der Waals surface area contributed by atoms with Crippen molar-refractivity contribution >= 4 is 28.8 Å². The number of fused-ring (bicyclic) bond motifs is 2. The fraction of sp³-hybridized carbons (Fsp3) is 0.346. The number of ether oxygens (including phenoxy) is 1. The fourth-order valence-electron chi connectivity index (χ4n) is 4.57. The molecule has 5 rings (SSSR count). The smallest absolute Gasteiger partial charge is 0.409 e. The van der Waals surface area contributed by atoms with Gasteiger partial charge in [-0.3, -0.25) is 4.79 Å². The van der Waals surface area contributed by atoms with E-state index in [1.54, 1.807) is 22.6 Å². The number of hydrogen-bond donors (Lipinski definition) is 2. The van der Waals surface area contributed by atoms with Gasteiger partial charge in [0.15, 0.2) is 11.5 Å². The maximum absolute atomic E-state index is 13.3. The van der Waals surface area contributed by atoms with Crippen molar-refractivity contribution in [2.45, 2.75) is 39.4 Å². The summed E-state index contributed by atoms with van der Waals surface area (Å²) >= 11 is 0. The Bertz CT molecular complexity index is 1520. The highest BCUT2D eigenvalue weighted by Gasteiger charge is 2.21. The van der Waals surface area contributed by atoms with Crippen LogP contribution in [0.3, 0.4) is 0 Å². The normalized spacial score (nSPS) is 13.0. The highest BCUT2D eigenvalue weighted by Crippen LogP contribution is 2.23. The number of anilines is 2. The van der Waals surface area contributed by atoms with Crippen molar-refractivity contribution in [3.8, 4) is 5.82 Å². The maximum Gasteiger partial charge on any atom is 0.409 e. The van der Waals surface area contributed by atoms with E-state index in [0.717, 1.165) is 25.2 Å². The van der Waals surface area contributed by atoms with Gasteiger partial charge in [-0.15, -0.1) is 0 Å². The predicted octanol–water partition coefficient (Wildman–Crippen LogP) is 3.15. The lowest BCUT2D eigenvalue weighted by Gasteiger charge is -2.18. The first-order valence-corrected chi connectivity index (χ1v) is 12.2. The van der Waals surface area contributed by atoms with Crippen molar-refractivity contribution in [2.75, 3.05) is 26.0 Å². The molecule has 0 saturated carbocycles. The second-order valence-corrected chi connectivity index (χ2v) is 9.33. The SMILES string of the molecule is COC(=O)N(C)Cc1cccc(-n2c3nc(Nc4ccc5c(c4)CNCC5)ncc3c(=O)n2C(C)C)n1. The molecule has 1 aliphatic heterocycles. The zero-order valence-corrected chi connectivity index (χ0v) is 21.4. The number of amides is 1. The minimum Gasteiger partial charge on any atom is -0.453 e. The van der Waals surface area contributed by atoms with Gasteiger partial charge in [0.1, 0.15) is 5.39 Å². The molecule has 0 spiro atoms. The van der Waals surface area contributed by atoms with E-state index in [9.17, 15) is 9.59 Å². The first kappa shape index (κ1) is 24.4. The Kier molecular flexibility index (Phi) is 6.62. The summed E-state index contributed by atoms with van der Waals surface area (Å²) in [7, 11) is 2.97. The number of benzene rings is 1. The second-order valence-electron chi connectivity index (χ2n) is 9.33. The summed E-state index contributed by atoms with van der Waals surface area (Å²) in [6.07, 6.45) is 2.10. The van der Waals surface area contributed by atoms with Crippen molar-refractivity contribution in [1.82, 2.24) is 34.5 Å². The monoisotopic (exact) mass is 502 g/mol. The van der Waals surface area contributed by atoms with Crippen molar-refractivity contribution in [2.24, 2.45) is 0 Å². The van der Waals surface area contributed by atoms with Crippen molar-refractivity contribution in [3.05, 3.63) is 69.8 Å². The molecule has 4 heterocycles. The van der Waals surface area contributed by atoms with Gasteiger partial charge in [-0.1, -0.05) is 12.1 Å². The van der Waals surface area contributed by atoms with Gasteiger partial charge in [-0.2, -0.15) is 4.98 Å². The van der Waals surface area contributed by atoms with Crippen LogP contribution < -0.4 is 16.2 Å². The molecule has 0 fully saturated rings. The molecule has 1 aromatic carbocycles. The van der Waals surface area contributed by atoms with Crippen LogP contribution >= 0.6 is 0 Å². The number of methoxy groups -OCH3 is 1. The molecule has 0 aliphatic carbocycles. The van der Waals surface area contributed by atoms with E-state index in [4.69, 9.17) is 14.7 Å². The van der Waals surface area contributed by atoms with Gasteiger partial charge in [0.05, 0.1) is 19.3 Å². The van der Waals surface area contributed by atoms with Crippen LogP contribution in [0.25, 0.3) is 16.9 Å². The van der Waals surface area contributed by atoms with Crippen molar-refractivity contribution < 1.29 is 9.53 Å². The van der Waals surface area contributed by atoms with Crippen LogP contribution in [-0.4, -0.2) is 56.0 Å². The summed E-state index contributed by atoms with van der Waals surface area (Å²) in [5.74, 6) is 0.897. The lowest BCUT2D eigenvalue weighted by molar-refractivity contribution is 0.131. The van der Waals surface area contributed by atoms with E-state index in [0.29, 0.717) is 28.5 Å². The van der Waals surface area contributed by atoms with Gasteiger partial charge in [-0.05, 0) is 62.2 Å². The minimum atomic E-state index is -0.459. The summed E-state index contributed by atoms with van der Waals surface area (Å²) in [6, 6.07) is 11.6. The molecule has 1 amide bonds. The van der Waals surface area contributed by atoms with Crippen LogP contribution in [-0.2, 0) is 24.2 Å². The van der Waals surface area contributed by atoms with Gasteiger partial charge >= 0.3 is 6.09 Å².